The average Bonchev–Trinajstić information content (AvgIpc) is 3.01. The molecule has 0 saturated heterocycles. The summed E-state index contributed by atoms with van der Waals surface area (Å²) >= 11 is 0. The summed E-state index contributed by atoms with van der Waals surface area (Å²) in [6, 6.07) is 12.1. The third-order valence-electron chi connectivity index (χ3n) is 4.23. The number of alkyl halides is 2. The van der Waals surface area contributed by atoms with Crippen molar-refractivity contribution in [3.63, 3.8) is 0 Å². The van der Waals surface area contributed by atoms with Gasteiger partial charge < -0.3 is 9.26 Å². The zero-order valence-corrected chi connectivity index (χ0v) is 13.3. The van der Waals surface area contributed by atoms with Crippen molar-refractivity contribution in [3.05, 3.63) is 53.7 Å². The number of rotatable bonds is 3. The van der Waals surface area contributed by atoms with Gasteiger partial charge in [-0.15, -0.1) is 0 Å². The van der Waals surface area contributed by atoms with Gasteiger partial charge in [0, 0.05) is 5.39 Å². The molecule has 0 radical (unpaired) electrons. The summed E-state index contributed by atoms with van der Waals surface area (Å²) in [6.07, 6.45) is -3.41. The Morgan fingerprint density at radius 3 is 2.76 bits per heavy atom. The molecule has 0 atom stereocenters. The van der Waals surface area contributed by atoms with Gasteiger partial charge in [-0.3, -0.25) is 9.69 Å². The van der Waals surface area contributed by atoms with Crippen molar-refractivity contribution in [2.24, 2.45) is 0 Å². The van der Waals surface area contributed by atoms with Crippen LogP contribution in [0, 0.1) is 0 Å². The Kier molecular flexibility index (Phi) is 3.45. The van der Waals surface area contributed by atoms with Crippen molar-refractivity contribution < 1.29 is 22.8 Å². The van der Waals surface area contributed by atoms with Gasteiger partial charge in [0.25, 0.3) is 0 Å². The number of halogens is 2. The molecule has 3 aromatic rings. The van der Waals surface area contributed by atoms with Crippen molar-refractivity contribution in [2.75, 3.05) is 4.90 Å². The summed E-state index contributed by atoms with van der Waals surface area (Å²) in [5.41, 5.74) is 1.86. The predicted octanol–water partition coefficient (Wildman–Crippen LogP) is 3.91. The van der Waals surface area contributed by atoms with Crippen LogP contribution in [0.5, 0.6) is 5.75 Å². The normalized spacial score (nSPS) is 16.0. The Morgan fingerprint density at radius 2 is 1.96 bits per heavy atom. The first-order valence-electron chi connectivity index (χ1n) is 7.85. The molecule has 5 nitrogen and oxygen atoms in total. The first-order chi connectivity index (χ1) is 12.0. The van der Waals surface area contributed by atoms with Crippen molar-refractivity contribution in [2.45, 2.75) is 26.0 Å². The van der Waals surface area contributed by atoms with E-state index < -0.39 is 12.0 Å². The fourth-order valence-electron chi connectivity index (χ4n) is 2.98. The maximum absolute atomic E-state index is 14.1. The average molecular weight is 344 g/mol. The van der Waals surface area contributed by atoms with Crippen LogP contribution in [-0.4, -0.2) is 17.2 Å². The van der Waals surface area contributed by atoms with Crippen molar-refractivity contribution >= 4 is 22.6 Å². The number of carbonyl (C=O) groups is 1. The van der Waals surface area contributed by atoms with E-state index in [0.29, 0.717) is 34.3 Å². The number of aryl methyl sites for hydroxylation is 1. The van der Waals surface area contributed by atoms with Crippen LogP contribution >= 0.6 is 0 Å². The van der Waals surface area contributed by atoms with Gasteiger partial charge in [-0.05, 0) is 30.2 Å². The molecule has 25 heavy (non-hydrogen) atoms. The van der Waals surface area contributed by atoms with Crippen LogP contribution in [-0.2, 0) is 17.8 Å². The van der Waals surface area contributed by atoms with Crippen LogP contribution in [0.1, 0.15) is 18.2 Å². The first kappa shape index (κ1) is 15.6. The highest BCUT2D eigenvalue weighted by atomic mass is 19.3. The van der Waals surface area contributed by atoms with E-state index in [1.54, 1.807) is 42.5 Å². The van der Waals surface area contributed by atoms with Crippen LogP contribution in [0.4, 0.5) is 14.5 Å². The summed E-state index contributed by atoms with van der Waals surface area (Å²) in [4.78, 5) is 13.3. The molecule has 0 unspecified atom stereocenters. The number of para-hydroxylation sites is 2. The lowest BCUT2D eigenvalue weighted by Crippen LogP contribution is -2.50. The Balaban J connectivity index is 1.82. The SMILES string of the molecule is CCc1cccc2c1OC(F)(F)C(=O)N2Cc1noc2ccccc12. The third-order valence-corrected chi connectivity index (χ3v) is 4.23. The summed E-state index contributed by atoms with van der Waals surface area (Å²) in [5.74, 6) is -1.39. The van der Waals surface area contributed by atoms with E-state index >= 15 is 0 Å². The second-order valence-corrected chi connectivity index (χ2v) is 5.75. The molecule has 4 rings (SSSR count). The molecule has 0 fully saturated rings. The third kappa shape index (κ3) is 2.43. The van der Waals surface area contributed by atoms with Gasteiger partial charge in [0.1, 0.15) is 5.69 Å². The molecule has 1 amide bonds. The number of ether oxygens (including phenoxy) is 1. The monoisotopic (exact) mass is 344 g/mol. The molecule has 2 heterocycles. The van der Waals surface area contributed by atoms with Crippen LogP contribution in [0.15, 0.2) is 47.0 Å². The number of hydrogen-bond acceptors (Lipinski definition) is 4. The number of aromatic nitrogens is 1. The van der Waals surface area contributed by atoms with Gasteiger partial charge in [0.15, 0.2) is 11.3 Å². The Hall–Kier alpha value is -2.96. The number of fused-ring (bicyclic) bond motifs is 2. The first-order valence-corrected chi connectivity index (χ1v) is 7.85. The molecule has 1 aliphatic heterocycles. The molecule has 0 saturated carbocycles. The maximum Gasteiger partial charge on any atom is 0.483 e. The lowest BCUT2D eigenvalue weighted by atomic mass is 10.1. The van der Waals surface area contributed by atoms with E-state index in [9.17, 15) is 13.6 Å². The highest BCUT2D eigenvalue weighted by Gasteiger charge is 2.51. The highest BCUT2D eigenvalue weighted by Crippen LogP contribution is 2.42. The van der Waals surface area contributed by atoms with E-state index in [-0.39, 0.29) is 12.3 Å². The molecule has 0 spiro atoms. The summed E-state index contributed by atoms with van der Waals surface area (Å²) < 4.78 is 38.2. The molecular formula is C18H14F2N2O3. The zero-order valence-electron chi connectivity index (χ0n) is 13.3. The van der Waals surface area contributed by atoms with Crippen LogP contribution in [0.25, 0.3) is 11.0 Å². The summed E-state index contributed by atoms with van der Waals surface area (Å²) in [6.45, 7) is 1.71. The van der Waals surface area contributed by atoms with Crippen LogP contribution in [0.3, 0.4) is 0 Å². The number of benzene rings is 2. The van der Waals surface area contributed by atoms with E-state index in [0.717, 1.165) is 4.90 Å². The number of nitrogens with zero attached hydrogens (tertiary/aromatic N) is 2. The lowest BCUT2D eigenvalue weighted by Gasteiger charge is -2.34. The minimum Gasteiger partial charge on any atom is -0.423 e. The fraction of sp³-hybridized carbons (Fsp3) is 0.222. The maximum atomic E-state index is 14.1. The summed E-state index contributed by atoms with van der Waals surface area (Å²) in [5, 5.41) is 4.61. The predicted molar refractivity (Wildman–Crippen MR) is 86.6 cm³/mol. The smallest absolute Gasteiger partial charge is 0.423 e. The number of hydrogen-bond donors (Lipinski definition) is 0. The van der Waals surface area contributed by atoms with E-state index in [1.807, 2.05) is 6.92 Å². The lowest BCUT2D eigenvalue weighted by molar-refractivity contribution is -0.193. The van der Waals surface area contributed by atoms with Gasteiger partial charge in [-0.1, -0.05) is 36.3 Å². The number of anilines is 1. The molecular weight excluding hydrogens is 330 g/mol. The highest BCUT2D eigenvalue weighted by molar-refractivity contribution is 6.01. The van der Waals surface area contributed by atoms with Gasteiger partial charge >= 0.3 is 12.0 Å². The standard InChI is InChI=1S/C18H14F2N2O3/c1-2-11-6-5-8-14-16(11)24-18(19,20)17(23)22(14)10-13-12-7-3-4-9-15(12)25-21-13/h3-9H,2,10H2,1H3. The topological polar surface area (TPSA) is 55.6 Å². The van der Waals surface area contributed by atoms with E-state index in [4.69, 9.17) is 9.26 Å². The molecule has 7 heteroatoms. The Bertz CT molecular complexity index is 968. The number of amides is 1. The molecule has 0 aliphatic carbocycles. The Labute approximate surface area is 141 Å². The zero-order chi connectivity index (χ0) is 17.6. The second-order valence-electron chi connectivity index (χ2n) is 5.75. The molecule has 128 valence electrons. The second kappa shape index (κ2) is 5.54. The molecule has 0 bridgehead atoms. The molecule has 0 N–H and O–H groups in total. The summed E-state index contributed by atoms with van der Waals surface area (Å²) in [7, 11) is 0. The van der Waals surface area contributed by atoms with E-state index in [1.165, 1.54) is 0 Å². The Morgan fingerprint density at radius 1 is 1.16 bits per heavy atom. The van der Waals surface area contributed by atoms with Gasteiger partial charge in [-0.25, -0.2) is 0 Å². The van der Waals surface area contributed by atoms with Crippen molar-refractivity contribution in [3.8, 4) is 5.75 Å². The van der Waals surface area contributed by atoms with Crippen LogP contribution < -0.4 is 9.64 Å². The quantitative estimate of drug-likeness (QED) is 0.723. The van der Waals surface area contributed by atoms with Gasteiger partial charge in [-0.2, -0.15) is 8.78 Å². The number of carbonyl (C=O) groups excluding carboxylic acids is 1. The van der Waals surface area contributed by atoms with E-state index in [2.05, 4.69) is 5.16 Å². The molecule has 1 aromatic heterocycles. The largest absolute Gasteiger partial charge is 0.483 e. The van der Waals surface area contributed by atoms with Gasteiger partial charge in [0.2, 0.25) is 0 Å². The van der Waals surface area contributed by atoms with Crippen LogP contribution in [0.2, 0.25) is 0 Å². The molecule has 1 aliphatic rings. The van der Waals surface area contributed by atoms with Gasteiger partial charge in [0.05, 0.1) is 12.2 Å². The minimum absolute atomic E-state index is 0.0300. The molecule has 2 aromatic carbocycles. The van der Waals surface area contributed by atoms with Crippen molar-refractivity contribution in [1.29, 1.82) is 0 Å². The van der Waals surface area contributed by atoms with Crippen molar-refractivity contribution in [1.82, 2.24) is 5.16 Å². The minimum atomic E-state index is -3.92. The fourth-order valence-corrected chi connectivity index (χ4v) is 2.98.